The summed E-state index contributed by atoms with van der Waals surface area (Å²) in [6.45, 7) is 0. The minimum Gasteiger partial charge on any atom is -0.247 e. The van der Waals surface area contributed by atoms with Crippen molar-refractivity contribution in [2.45, 2.75) is 38.3 Å². The van der Waals surface area contributed by atoms with Gasteiger partial charge in [0.2, 0.25) is 6.08 Å². The van der Waals surface area contributed by atoms with Crippen LogP contribution in [0.5, 0.6) is 0 Å². The summed E-state index contributed by atoms with van der Waals surface area (Å²) in [5, 5.41) is 0. The van der Waals surface area contributed by atoms with Crippen molar-refractivity contribution in [1.29, 1.82) is 0 Å². The van der Waals surface area contributed by atoms with Gasteiger partial charge in [0.1, 0.15) is 6.17 Å². The predicted octanol–water partition coefficient (Wildman–Crippen LogP) is 2.58. The Morgan fingerprint density at radius 2 is 2.12 bits per heavy atom. The monoisotopic (exact) mass is 217 g/mol. The standard InChI is InChI=1S/C13H12FNO/c14-10-5-9-4-8-2-1-3-11(8)13(15-7-16)12(9)6-10/h4,10H,1-3,5-6H2. The number of hydrogen-bond donors (Lipinski definition) is 0. The van der Waals surface area contributed by atoms with Crippen molar-refractivity contribution in [3.05, 3.63) is 28.3 Å². The molecule has 0 aliphatic heterocycles. The molecule has 2 aliphatic rings. The molecule has 0 saturated heterocycles. The lowest BCUT2D eigenvalue weighted by Gasteiger charge is -2.08. The van der Waals surface area contributed by atoms with Crippen LogP contribution < -0.4 is 0 Å². The van der Waals surface area contributed by atoms with E-state index in [0.29, 0.717) is 12.8 Å². The minimum absolute atomic E-state index is 0.406. The molecule has 3 rings (SSSR count). The molecule has 0 aromatic heterocycles. The lowest BCUT2D eigenvalue weighted by molar-refractivity contribution is 0.349. The maximum Gasteiger partial charge on any atom is 0.240 e. The fourth-order valence-electron chi connectivity index (χ4n) is 2.95. The Morgan fingerprint density at radius 3 is 2.94 bits per heavy atom. The van der Waals surface area contributed by atoms with Crippen molar-refractivity contribution < 1.29 is 9.18 Å². The lowest BCUT2D eigenvalue weighted by atomic mass is 9.99. The van der Waals surface area contributed by atoms with Gasteiger partial charge in [0.15, 0.2) is 0 Å². The normalized spacial score (nSPS) is 21.4. The highest BCUT2D eigenvalue weighted by atomic mass is 19.1. The first kappa shape index (κ1) is 9.73. The number of fused-ring (bicyclic) bond motifs is 2. The van der Waals surface area contributed by atoms with Crippen molar-refractivity contribution in [2.75, 3.05) is 0 Å². The number of isocyanates is 1. The van der Waals surface area contributed by atoms with E-state index < -0.39 is 6.17 Å². The van der Waals surface area contributed by atoms with Crippen molar-refractivity contribution in [1.82, 2.24) is 0 Å². The van der Waals surface area contributed by atoms with Crippen LogP contribution in [-0.2, 0) is 30.5 Å². The van der Waals surface area contributed by atoms with Gasteiger partial charge in [-0.2, -0.15) is 4.99 Å². The van der Waals surface area contributed by atoms with Gasteiger partial charge in [-0.15, -0.1) is 0 Å². The molecule has 16 heavy (non-hydrogen) atoms. The van der Waals surface area contributed by atoms with Gasteiger partial charge < -0.3 is 0 Å². The SMILES string of the molecule is O=C=Nc1c2c(cc3c1CC(F)C3)CCC2. The van der Waals surface area contributed by atoms with E-state index in [1.54, 1.807) is 6.08 Å². The summed E-state index contributed by atoms with van der Waals surface area (Å²) >= 11 is 0. The molecule has 0 saturated carbocycles. The molecular weight excluding hydrogens is 205 g/mol. The van der Waals surface area contributed by atoms with E-state index in [-0.39, 0.29) is 0 Å². The lowest BCUT2D eigenvalue weighted by Crippen LogP contribution is -1.96. The molecule has 0 N–H and O–H groups in total. The zero-order valence-corrected chi connectivity index (χ0v) is 8.92. The molecule has 0 radical (unpaired) electrons. The molecule has 1 aromatic carbocycles. The average molecular weight is 217 g/mol. The zero-order chi connectivity index (χ0) is 11.1. The van der Waals surface area contributed by atoms with Gasteiger partial charge in [0, 0.05) is 12.8 Å². The van der Waals surface area contributed by atoms with Crippen molar-refractivity contribution in [2.24, 2.45) is 4.99 Å². The molecule has 1 aromatic rings. The molecule has 0 spiro atoms. The Labute approximate surface area is 93.2 Å². The molecule has 3 heteroatoms. The minimum atomic E-state index is -0.807. The van der Waals surface area contributed by atoms with E-state index in [2.05, 4.69) is 11.1 Å². The van der Waals surface area contributed by atoms with Crippen LogP contribution in [0.3, 0.4) is 0 Å². The van der Waals surface area contributed by atoms with Gasteiger partial charge >= 0.3 is 0 Å². The van der Waals surface area contributed by atoms with Crippen LogP contribution in [0.2, 0.25) is 0 Å². The predicted molar refractivity (Wildman–Crippen MR) is 58.6 cm³/mol. The van der Waals surface area contributed by atoms with Crippen LogP contribution >= 0.6 is 0 Å². The summed E-state index contributed by atoms with van der Waals surface area (Å²) in [6.07, 6.45) is 4.78. The zero-order valence-electron chi connectivity index (χ0n) is 8.92. The van der Waals surface area contributed by atoms with E-state index in [1.165, 1.54) is 5.56 Å². The highest BCUT2D eigenvalue weighted by Crippen LogP contribution is 2.40. The highest BCUT2D eigenvalue weighted by molar-refractivity contribution is 5.66. The maximum atomic E-state index is 13.4. The van der Waals surface area contributed by atoms with Crippen LogP contribution in [0.25, 0.3) is 0 Å². The van der Waals surface area contributed by atoms with E-state index in [1.807, 2.05) is 0 Å². The summed E-state index contributed by atoms with van der Waals surface area (Å²) in [5.41, 5.74) is 5.11. The quantitative estimate of drug-likeness (QED) is 0.525. The molecule has 1 unspecified atom stereocenters. The Morgan fingerprint density at radius 1 is 1.25 bits per heavy atom. The average Bonchev–Trinajstić information content (AvgIpc) is 2.83. The highest BCUT2D eigenvalue weighted by Gasteiger charge is 2.28. The number of nitrogens with zero attached hydrogens (tertiary/aromatic N) is 1. The number of carbonyl (C=O) groups excluding carboxylic acids is 1. The molecular formula is C13H12FNO. The second-order valence-electron chi connectivity index (χ2n) is 4.56. The van der Waals surface area contributed by atoms with Crippen molar-refractivity contribution in [3.63, 3.8) is 0 Å². The number of aryl methyl sites for hydroxylation is 1. The molecule has 2 aliphatic carbocycles. The molecule has 82 valence electrons. The summed E-state index contributed by atoms with van der Waals surface area (Å²) < 4.78 is 13.4. The van der Waals surface area contributed by atoms with Gasteiger partial charge in [0.05, 0.1) is 5.69 Å². The largest absolute Gasteiger partial charge is 0.247 e. The first-order chi connectivity index (χ1) is 7.79. The van der Waals surface area contributed by atoms with Crippen LogP contribution in [0.4, 0.5) is 10.1 Å². The Hall–Kier alpha value is -1.47. The second kappa shape index (κ2) is 3.53. The Kier molecular flexibility index (Phi) is 2.15. The molecule has 1 atom stereocenters. The number of benzene rings is 1. The van der Waals surface area contributed by atoms with Gasteiger partial charge in [0.25, 0.3) is 0 Å². The van der Waals surface area contributed by atoms with Crippen LogP contribution in [0, 0.1) is 0 Å². The van der Waals surface area contributed by atoms with Gasteiger partial charge in [-0.25, -0.2) is 9.18 Å². The molecule has 0 bridgehead atoms. The summed E-state index contributed by atoms with van der Waals surface area (Å²) in [4.78, 5) is 14.3. The van der Waals surface area contributed by atoms with E-state index >= 15 is 0 Å². The smallest absolute Gasteiger partial charge is 0.240 e. The van der Waals surface area contributed by atoms with Crippen LogP contribution in [-0.4, -0.2) is 12.3 Å². The van der Waals surface area contributed by atoms with E-state index in [4.69, 9.17) is 0 Å². The number of halogens is 1. The number of hydrogen-bond acceptors (Lipinski definition) is 2. The summed E-state index contributed by atoms with van der Waals surface area (Å²) in [5.74, 6) is 0. The third-order valence-electron chi connectivity index (χ3n) is 3.59. The topological polar surface area (TPSA) is 29.4 Å². The fraction of sp³-hybridized carbons (Fsp3) is 0.462. The van der Waals surface area contributed by atoms with E-state index in [0.717, 1.165) is 41.6 Å². The fourth-order valence-corrected chi connectivity index (χ4v) is 2.95. The summed E-state index contributed by atoms with van der Waals surface area (Å²) in [6, 6.07) is 2.11. The van der Waals surface area contributed by atoms with Gasteiger partial charge in [-0.3, -0.25) is 0 Å². The third-order valence-corrected chi connectivity index (χ3v) is 3.59. The van der Waals surface area contributed by atoms with E-state index in [9.17, 15) is 9.18 Å². The second-order valence-corrected chi connectivity index (χ2v) is 4.56. The number of aliphatic imine (C=N–C) groups is 1. The third kappa shape index (κ3) is 1.32. The number of alkyl halides is 1. The first-order valence-electron chi connectivity index (χ1n) is 5.68. The number of rotatable bonds is 1. The first-order valence-corrected chi connectivity index (χ1v) is 5.68. The molecule has 2 nitrogen and oxygen atoms in total. The Bertz CT molecular complexity index is 503. The summed E-state index contributed by atoms with van der Waals surface area (Å²) in [7, 11) is 0. The molecule has 0 amide bonds. The Balaban J connectivity index is 2.24. The van der Waals surface area contributed by atoms with Crippen molar-refractivity contribution in [3.8, 4) is 0 Å². The van der Waals surface area contributed by atoms with Gasteiger partial charge in [-0.05, 0) is 41.5 Å². The molecule has 0 heterocycles. The van der Waals surface area contributed by atoms with Crippen molar-refractivity contribution >= 4 is 11.8 Å². The van der Waals surface area contributed by atoms with Gasteiger partial charge in [-0.1, -0.05) is 6.07 Å². The van der Waals surface area contributed by atoms with Crippen LogP contribution in [0.15, 0.2) is 11.1 Å². The van der Waals surface area contributed by atoms with Crippen LogP contribution in [0.1, 0.15) is 28.7 Å². The maximum absolute atomic E-state index is 13.4. The molecule has 0 fully saturated rings.